The number of esters is 1. The molecule has 0 spiro atoms. The predicted octanol–water partition coefficient (Wildman–Crippen LogP) is 4.36. The Morgan fingerprint density at radius 3 is 2.00 bits per heavy atom. The fourth-order valence-corrected chi connectivity index (χ4v) is 3.57. The van der Waals surface area contributed by atoms with E-state index in [4.69, 9.17) is 4.74 Å². The highest BCUT2D eigenvalue weighted by molar-refractivity contribution is 5.98. The summed E-state index contributed by atoms with van der Waals surface area (Å²) in [4.78, 5) is 27.7. The first-order valence-corrected chi connectivity index (χ1v) is 9.50. The molecule has 142 valence electrons. The fourth-order valence-electron chi connectivity index (χ4n) is 3.57. The van der Waals surface area contributed by atoms with Crippen molar-refractivity contribution in [2.45, 2.75) is 45.3 Å². The lowest BCUT2D eigenvalue weighted by atomic mass is 9.90. The van der Waals surface area contributed by atoms with E-state index in [-0.39, 0.29) is 11.9 Å². The van der Waals surface area contributed by atoms with Crippen LogP contribution < -0.4 is 0 Å². The number of carbonyl (C=O) groups is 2. The van der Waals surface area contributed by atoms with E-state index in [1.54, 1.807) is 0 Å². The molecule has 3 rings (SSSR count). The van der Waals surface area contributed by atoms with Crippen LogP contribution in [0.1, 0.15) is 50.8 Å². The van der Waals surface area contributed by atoms with Crippen molar-refractivity contribution in [3.8, 4) is 0 Å². The van der Waals surface area contributed by atoms with Crippen molar-refractivity contribution < 1.29 is 14.3 Å². The zero-order valence-corrected chi connectivity index (χ0v) is 16.2. The van der Waals surface area contributed by atoms with Crippen LogP contribution in [0.15, 0.2) is 60.7 Å². The van der Waals surface area contributed by atoms with Gasteiger partial charge in [0.2, 0.25) is 5.91 Å². The lowest BCUT2D eigenvalue weighted by Gasteiger charge is -2.38. The topological polar surface area (TPSA) is 46.6 Å². The van der Waals surface area contributed by atoms with Gasteiger partial charge in [-0.05, 0) is 44.7 Å². The summed E-state index contributed by atoms with van der Waals surface area (Å²) in [5.41, 5.74) is 1.49. The molecule has 0 N–H and O–H groups in total. The molecule has 4 nitrogen and oxygen atoms in total. The molecule has 4 heteroatoms. The molecule has 2 aromatic carbocycles. The minimum Gasteiger partial charge on any atom is -0.459 e. The molecule has 0 aliphatic carbocycles. The zero-order chi connectivity index (χ0) is 19.4. The Hall–Kier alpha value is -2.62. The Morgan fingerprint density at radius 2 is 1.52 bits per heavy atom. The van der Waals surface area contributed by atoms with Gasteiger partial charge in [0.1, 0.15) is 11.5 Å². The summed E-state index contributed by atoms with van der Waals surface area (Å²) in [6.07, 6.45) is 1.33. The van der Waals surface area contributed by atoms with E-state index in [1.165, 1.54) is 0 Å². The van der Waals surface area contributed by atoms with Gasteiger partial charge in [0.15, 0.2) is 0 Å². The standard InChI is InChI=1S/C23H27NO3/c1-23(2,3)27-22(26)19-15-10-16-24(21(19)25)20(17-11-6-4-7-12-17)18-13-8-5-9-14-18/h4-9,11-14,19-20H,10,15-16H2,1-3H3. The molecule has 1 aliphatic rings. The summed E-state index contributed by atoms with van der Waals surface area (Å²) in [6.45, 7) is 6.11. The largest absolute Gasteiger partial charge is 0.459 e. The van der Waals surface area contributed by atoms with Crippen molar-refractivity contribution in [2.24, 2.45) is 5.92 Å². The van der Waals surface area contributed by atoms with Gasteiger partial charge in [0, 0.05) is 6.54 Å². The van der Waals surface area contributed by atoms with Crippen molar-refractivity contribution in [3.05, 3.63) is 71.8 Å². The summed E-state index contributed by atoms with van der Waals surface area (Å²) >= 11 is 0. The van der Waals surface area contributed by atoms with Crippen molar-refractivity contribution in [3.63, 3.8) is 0 Å². The van der Waals surface area contributed by atoms with Gasteiger partial charge in [-0.25, -0.2) is 0 Å². The number of piperidine rings is 1. The first kappa shape index (κ1) is 19.2. The third-order valence-corrected chi connectivity index (χ3v) is 4.71. The van der Waals surface area contributed by atoms with Crippen LogP contribution in [-0.4, -0.2) is 28.9 Å². The number of likely N-dealkylation sites (tertiary alicyclic amines) is 1. The minimum absolute atomic E-state index is 0.145. The summed E-state index contributed by atoms with van der Waals surface area (Å²) < 4.78 is 5.50. The number of rotatable bonds is 4. The quantitative estimate of drug-likeness (QED) is 0.597. The van der Waals surface area contributed by atoms with Crippen LogP contribution in [0.4, 0.5) is 0 Å². The number of amides is 1. The van der Waals surface area contributed by atoms with E-state index >= 15 is 0 Å². The van der Waals surface area contributed by atoms with Crippen LogP contribution >= 0.6 is 0 Å². The number of benzene rings is 2. The molecule has 1 fully saturated rings. The predicted molar refractivity (Wildman–Crippen MR) is 105 cm³/mol. The van der Waals surface area contributed by atoms with Gasteiger partial charge < -0.3 is 9.64 Å². The number of ether oxygens (including phenoxy) is 1. The Labute approximate surface area is 161 Å². The van der Waals surface area contributed by atoms with E-state index in [2.05, 4.69) is 0 Å². The Bertz CT molecular complexity index is 741. The number of hydrogen-bond donors (Lipinski definition) is 0. The highest BCUT2D eigenvalue weighted by Gasteiger charge is 2.40. The fraction of sp³-hybridized carbons (Fsp3) is 0.391. The average Bonchev–Trinajstić information content (AvgIpc) is 2.64. The van der Waals surface area contributed by atoms with Gasteiger partial charge >= 0.3 is 5.97 Å². The summed E-state index contributed by atoms with van der Waals surface area (Å²) in [5.74, 6) is -1.29. The van der Waals surface area contributed by atoms with E-state index in [0.717, 1.165) is 17.5 Å². The molecule has 1 heterocycles. The second-order valence-corrected chi connectivity index (χ2v) is 7.98. The van der Waals surface area contributed by atoms with Gasteiger partial charge in [0.25, 0.3) is 0 Å². The molecule has 0 saturated carbocycles. The van der Waals surface area contributed by atoms with E-state index < -0.39 is 17.5 Å². The molecular weight excluding hydrogens is 338 g/mol. The number of hydrogen-bond acceptors (Lipinski definition) is 3. The average molecular weight is 365 g/mol. The highest BCUT2D eigenvalue weighted by atomic mass is 16.6. The third-order valence-electron chi connectivity index (χ3n) is 4.71. The summed E-state index contributed by atoms with van der Waals surface area (Å²) in [6, 6.07) is 19.8. The maximum atomic E-state index is 13.3. The summed E-state index contributed by atoms with van der Waals surface area (Å²) in [5, 5.41) is 0. The first-order chi connectivity index (χ1) is 12.9. The van der Waals surface area contributed by atoms with Crippen LogP contribution in [0.5, 0.6) is 0 Å². The van der Waals surface area contributed by atoms with Crippen LogP contribution in [0, 0.1) is 5.92 Å². The van der Waals surface area contributed by atoms with Crippen molar-refractivity contribution >= 4 is 11.9 Å². The van der Waals surface area contributed by atoms with Crippen LogP contribution in [0.3, 0.4) is 0 Å². The zero-order valence-electron chi connectivity index (χ0n) is 16.2. The lowest BCUT2D eigenvalue weighted by Crippen LogP contribution is -2.47. The molecular formula is C23H27NO3. The van der Waals surface area contributed by atoms with Gasteiger partial charge in [-0.15, -0.1) is 0 Å². The van der Waals surface area contributed by atoms with Crippen molar-refractivity contribution in [2.75, 3.05) is 6.54 Å². The second kappa shape index (κ2) is 7.95. The lowest BCUT2D eigenvalue weighted by molar-refractivity contribution is -0.167. The monoisotopic (exact) mass is 365 g/mol. The Kier molecular flexibility index (Phi) is 5.64. The van der Waals surface area contributed by atoms with Gasteiger partial charge in [0.05, 0.1) is 6.04 Å². The smallest absolute Gasteiger partial charge is 0.319 e. The molecule has 1 unspecified atom stereocenters. The molecule has 0 aromatic heterocycles. The van der Waals surface area contributed by atoms with Crippen LogP contribution in [0.25, 0.3) is 0 Å². The van der Waals surface area contributed by atoms with Gasteiger partial charge in [-0.3, -0.25) is 9.59 Å². The maximum absolute atomic E-state index is 13.3. The van der Waals surface area contributed by atoms with E-state index in [9.17, 15) is 9.59 Å². The second-order valence-electron chi connectivity index (χ2n) is 7.98. The number of nitrogens with zero attached hydrogens (tertiary/aromatic N) is 1. The molecule has 0 bridgehead atoms. The van der Waals surface area contributed by atoms with Crippen molar-refractivity contribution in [1.29, 1.82) is 0 Å². The normalized spacial score (nSPS) is 17.9. The van der Waals surface area contributed by atoms with Crippen molar-refractivity contribution in [1.82, 2.24) is 4.90 Å². The molecule has 1 aliphatic heterocycles. The Morgan fingerprint density at radius 1 is 1.00 bits per heavy atom. The Balaban J connectivity index is 1.93. The molecule has 0 radical (unpaired) electrons. The highest BCUT2D eigenvalue weighted by Crippen LogP contribution is 2.34. The molecule has 1 amide bonds. The van der Waals surface area contributed by atoms with Gasteiger partial charge in [-0.2, -0.15) is 0 Å². The van der Waals surface area contributed by atoms with E-state index in [0.29, 0.717) is 13.0 Å². The summed E-state index contributed by atoms with van der Waals surface area (Å²) in [7, 11) is 0. The number of carbonyl (C=O) groups excluding carboxylic acids is 2. The molecule has 1 atom stereocenters. The minimum atomic E-state index is -0.729. The first-order valence-electron chi connectivity index (χ1n) is 9.50. The molecule has 1 saturated heterocycles. The van der Waals surface area contributed by atoms with E-state index in [1.807, 2.05) is 86.3 Å². The SMILES string of the molecule is CC(C)(C)OC(=O)C1CCCN(C(c2ccccc2)c2ccccc2)C1=O. The molecule has 2 aromatic rings. The maximum Gasteiger partial charge on any atom is 0.319 e. The van der Waals surface area contributed by atoms with Crippen LogP contribution in [0.2, 0.25) is 0 Å². The van der Waals surface area contributed by atoms with Gasteiger partial charge in [-0.1, -0.05) is 60.7 Å². The van der Waals surface area contributed by atoms with Crippen LogP contribution in [-0.2, 0) is 14.3 Å². The third kappa shape index (κ3) is 4.57. The molecule has 27 heavy (non-hydrogen) atoms.